The van der Waals surface area contributed by atoms with Gasteiger partial charge in [-0.05, 0) is 41.5 Å². The third-order valence-corrected chi connectivity index (χ3v) is 3.86. The minimum Gasteiger partial charge on any atom is -0.452 e. The van der Waals surface area contributed by atoms with E-state index in [2.05, 4.69) is 5.32 Å². The quantitative estimate of drug-likeness (QED) is 0.700. The first-order valence-electron chi connectivity index (χ1n) is 8.29. The summed E-state index contributed by atoms with van der Waals surface area (Å²) in [6, 6.07) is 25.0. The highest BCUT2D eigenvalue weighted by Crippen LogP contribution is 2.24. The zero-order valence-corrected chi connectivity index (χ0v) is 14.4. The van der Waals surface area contributed by atoms with Gasteiger partial charge in [-0.1, -0.05) is 48.5 Å². The van der Waals surface area contributed by atoms with Crippen molar-refractivity contribution in [3.63, 3.8) is 0 Å². The fourth-order valence-electron chi connectivity index (χ4n) is 2.56. The predicted octanol–water partition coefficient (Wildman–Crippen LogP) is 4.02. The van der Waals surface area contributed by atoms with Gasteiger partial charge in [0, 0.05) is 5.69 Å². The van der Waals surface area contributed by atoms with Gasteiger partial charge in [-0.3, -0.25) is 4.79 Å². The summed E-state index contributed by atoms with van der Waals surface area (Å²) < 4.78 is 5.17. The van der Waals surface area contributed by atoms with Crippen LogP contribution in [0.15, 0.2) is 78.9 Å². The van der Waals surface area contributed by atoms with Crippen LogP contribution in [0.3, 0.4) is 0 Å². The van der Waals surface area contributed by atoms with E-state index >= 15 is 0 Å². The summed E-state index contributed by atoms with van der Waals surface area (Å²) in [6.07, 6.45) is 0. The number of nitrogens with one attached hydrogen (secondary N) is 1. The molecule has 3 rings (SSSR count). The summed E-state index contributed by atoms with van der Waals surface area (Å²) >= 11 is 0. The van der Waals surface area contributed by atoms with E-state index in [4.69, 9.17) is 10.00 Å². The first kappa shape index (κ1) is 17.9. The molecule has 27 heavy (non-hydrogen) atoms. The molecule has 5 nitrogen and oxygen atoms in total. The molecule has 0 spiro atoms. The van der Waals surface area contributed by atoms with Crippen LogP contribution < -0.4 is 5.32 Å². The number of carbonyl (C=O) groups excluding carboxylic acids is 2. The molecule has 0 aromatic heterocycles. The molecule has 0 heterocycles. The maximum atomic E-state index is 12.4. The van der Waals surface area contributed by atoms with Crippen LogP contribution in [0.5, 0.6) is 0 Å². The fourth-order valence-corrected chi connectivity index (χ4v) is 2.56. The number of ether oxygens (including phenoxy) is 1. The minimum absolute atomic E-state index is 0.398. The molecular formula is C22H16N2O3. The normalized spacial score (nSPS) is 9.89. The zero-order chi connectivity index (χ0) is 19.1. The number of carbonyl (C=O) groups is 2. The molecule has 3 aromatic carbocycles. The highest BCUT2D eigenvalue weighted by molar-refractivity contribution is 5.99. The van der Waals surface area contributed by atoms with Gasteiger partial charge in [0.25, 0.3) is 5.91 Å². The molecule has 0 unspecified atom stereocenters. The highest BCUT2D eigenvalue weighted by atomic mass is 16.5. The molecule has 0 atom stereocenters. The number of benzene rings is 3. The van der Waals surface area contributed by atoms with Crippen LogP contribution >= 0.6 is 0 Å². The number of nitriles is 1. The first-order valence-corrected chi connectivity index (χ1v) is 8.29. The molecular weight excluding hydrogens is 340 g/mol. The lowest BCUT2D eigenvalue weighted by molar-refractivity contribution is -0.119. The van der Waals surface area contributed by atoms with Crippen molar-refractivity contribution in [3.05, 3.63) is 90.0 Å². The maximum Gasteiger partial charge on any atom is 0.339 e. The van der Waals surface area contributed by atoms with Crippen LogP contribution in [0.25, 0.3) is 11.1 Å². The van der Waals surface area contributed by atoms with Gasteiger partial charge >= 0.3 is 5.97 Å². The van der Waals surface area contributed by atoms with Crippen LogP contribution in [0, 0.1) is 11.3 Å². The molecule has 0 fully saturated rings. The van der Waals surface area contributed by atoms with Crippen molar-refractivity contribution < 1.29 is 14.3 Å². The van der Waals surface area contributed by atoms with Crippen LogP contribution in [0.1, 0.15) is 15.9 Å². The Kier molecular flexibility index (Phi) is 5.60. The van der Waals surface area contributed by atoms with Crippen molar-refractivity contribution in [2.45, 2.75) is 0 Å². The van der Waals surface area contributed by atoms with Crippen LogP contribution in [0.2, 0.25) is 0 Å². The van der Waals surface area contributed by atoms with Crippen molar-refractivity contribution in [2.75, 3.05) is 11.9 Å². The number of esters is 1. The molecule has 1 N–H and O–H groups in total. The van der Waals surface area contributed by atoms with Gasteiger partial charge in [-0.15, -0.1) is 0 Å². The van der Waals surface area contributed by atoms with Crippen molar-refractivity contribution in [1.82, 2.24) is 0 Å². The molecule has 0 saturated heterocycles. The van der Waals surface area contributed by atoms with Crippen LogP contribution in [-0.4, -0.2) is 18.5 Å². The lowest BCUT2D eigenvalue weighted by Crippen LogP contribution is -2.21. The average molecular weight is 356 g/mol. The van der Waals surface area contributed by atoms with E-state index in [9.17, 15) is 9.59 Å². The van der Waals surface area contributed by atoms with E-state index in [0.29, 0.717) is 16.8 Å². The number of anilines is 1. The molecule has 0 aliphatic rings. The van der Waals surface area contributed by atoms with Gasteiger partial charge in [0.05, 0.1) is 17.2 Å². The van der Waals surface area contributed by atoms with Gasteiger partial charge in [0.15, 0.2) is 6.61 Å². The number of rotatable bonds is 5. The van der Waals surface area contributed by atoms with Gasteiger partial charge in [0.2, 0.25) is 0 Å². The van der Waals surface area contributed by atoms with Crippen molar-refractivity contribution >= 4 is 17.6 Å². The monoisotopic (exact) mass is 356 g/mol. The van der Waals surface area contributed by atoms with Crippen LogP contribution in [0.4, 0.5) is 5.69 Å². The molecule has 0 radical (unpaired) electrons. The van der Waals surface area contributed by atoms with Gasteiger partial charge < -0.3 is 10.1 Å². The summed E-state index contributed by atoms with van der Waals surface area (Å²) in [4.78, 5) is 24.4. The van der Waals surface area contributed by atoms with Gasteiger partial charge in [0.1, 0.15) is 0 Å². The largest absolute Gasteiger partial charge is 0.452 e. The lowest BCUT2D eigenvalue weighted by Gasteiger charge is -2.10. The number of hydrogen-bond acceptors (Lipinski definition) is 4. The Bertz CT molecular complexity index is 990. The summed E-state index contributed by atoms with van der Waals surface area (Å²) in [5.74, 6) is -1.02. The molecule has 0 aliphatic heterocycles. The van der Waals surface area contributed by atoms with Crippen molar-refractivity contribution in [2.24, 2.45) is 0 Å². The van der Waals surface area contributed by atoms with E-state index in [1.165, 1.54) is 0 Å². The maximum absolute atomic E-state index is 12.4. The molecule has 1 amide bonds. The number of amides is 1. The van der Waals surface area contributed by atoms with E-state index in [1.807, 2.05) is 48.5 Å². The predicted molar refractivity (Wildman–Crippen MR) is 102 cm³/mol. The Morgan fingerprint density at radius 3 is 2.26 bits per heavy atom. The molecule has 0 aliphatic carbocycles. The summed E-state index contributed by atoms with van der Waals surface area (Å²) in [7, 11) is 0. The molecule has 5 heteroatoms. The standard InChI is InChI=1S/C22H16N2O3/c23-14-16-10-12-18(13-11-16)24-21(25)15-27-22(26)20-9-5-4-8-19(20)17-6-2-1-3-7-17/h1-13H,15H2,(H,24,25). The second-order valence-corrected chi connectivity index (χ2v) is 5.73. The van der Waals surface area contributed by atoms with E-state index in [0.717, 1.165) is 11.1 Å². The molecule has 0 bridgehead atoms. The van der Waals surface area contributed by atoms with E-state index in [1.54, 1.807) is 36.4 Å². The Balaban J connectivity index is 1.64. The SMILES string of the molecule is N#Cc1ccc(NC(=O)COC(=O)c2ccccc2-c2ccccc2)cc1. The third-order valence-electron chi connectivity index (χ3n) is 3.86. The summed E-state index contributed by atoms with van der Waals surface area (Å²) in [6.45, 7) is -0.401. The van der Waals surface area contributed by atoms with Gasteiger partial charge in [-0.25, -0.2) is 4.79 Å². The lowest BCUT2D eigenvalue weighted by atomic mass is 10.00. The Hall–Kier alpha value is -3.91. The molecule has 132 valence electrons. The van der Waals surface area contributed by atoms with E-state index < -0.39 is 18.5 Å². The number of hydrogen-bond donors (Lipinski definition) is 1. The smallest absolute Gasteiger partial charge is 0.339 e. The molecule has 3 aromatic rings. The zero-order valence-electron chi connectivity index (χ0n) is 14.4. The Morgan fingerprint density at radius 1 is 0.889 bits per heavy atom. The van der Waals surface area contributed by atoms with Crippen LogP contribution in [-0.2, 0) is 9.53 Å². The topological polar surface area (TPSA) is 79.2 Å². The Labute approximate surface area is 156 Å². The summed E-state index contributed by atoms with van der Waals surface area (Å²) in [5.41, 5.74) is 3.06. The Morgan fingerprint density at radius 2 is 1.56 bits per heavy atom. The van der Waals surface area contributed by atoms with E-state index in [-0.39, 0.29) is 0 Å². The van der Waals surface area contributed by atoms with Gasteiger partial charge in [-0.2, -0.15) is 5.26 Å². The number of nitrogens with zero attached hydrogens (tertiary/aromatic N) is 1. The highest BCUT2D eigenvalue weighted by Gasteiger charge is 2.15. The first-order chi connectivity index (χ1) is 13.2. The second-order valence-electron chi connectivity index (χ2n) is 5.73. The summed E-state index contributed by atoms with van der Waals surface area (Å²) in [5, 5.41) is 11.4. The second kappa shape index (κ2) is 8.45. The van der Waals surface area contributed by atoms with Crippen molar-refractivity contribution in [1.29, 1.82) is 5.26 Å². The fraction of sp³-hybridized carbons (Fsp3) is 0.0455. The third kappa shape index (κ3) is 4.59. The minimum atomic E-state index is -0.565. The van der Waals surface area contributed by atoms with Crippen molar-refractivity contribution in [3.8, 4) is 17.2 Å². The average Bonchev–Trinajstić information content (AvgIpc) is 2.73. The molecule has 0 saturated carbocycles.